The number of hydrogen-bond acceptors (Lipinski definition) is 5. The Morgan fingerprint density at radius 3 is 2.83 bits per heavy atom. The van der Waals surface area contributed by atoms with Gasteiger partial charge < -0.3 is 9.84 Å². The van der Waals surface area contributed by atoms with Crippen LogP contribution >= 0.6 is 0 Å². The summed E-state index contributed by atoms with van der Waals surface area (Å²) in [5.41, 5.74) is 0.613. The van der Waals surface area contributed by atoms with E-state index >= 15 is 0 Å². The van der Waals surface area contributed by atoms with E-state index in [9.17, 15) is 4.79 Å². The number of nitrogens with one attached hydrogen (secondary N) is 1. The minimum Gasteiger partial charge on any atom is -0.339 e. The predicted molar refractivity (Wildman–Crippen MR) is 91.7 cm³/mol. The first-order chi connectivity index (χ1) is 11.4. The number of aromatic nitrogens is 3. The standard InChI is InChI=1S/C18H20N4O2/c1-18(2,3)17-21-16(24-22-17)8-7-15(23)20-14-6-4-5-12-11-19-10-9-13(12)14/h4-6,9-11H,7-8H2,1-3H3,(H,20,23). The summed E-state index contributed by atoms with van der Waals surface area (Å²) < 4.78 is 5.21. The van der Waals surface area contributed by atoms with Gasteiger partial charge in [-0.15, -0.1) is 0 Å². The van der Waals surface area contributed by atoms with Crippen molar-refractivity contribution in [3.8, 4) is 0 Å². The summed E-state index contributed by atoms with van der Waals surface area (Å²) in [7, 11) is 0. The van der Waals surface area contributed by atoms with E-state index in [0.29, 0.717) is 18.1 Å². The lowest BCUT2D eigenvalue weighted by Crippen LogP contribution is -2.14. The number of carbonyl (C=O) groups excluding carboxylic acids is 1. The Kier molecular flexibility index (Phi) is 4.29. The smallest absolute Gasteiger partial charge is 0.227 e. The normalized spacial score (nSPS) is 11.6. The fraction of sp³-hybridized carbons (Fsp3) is 0.333. The Labute approximate surface area is 140 Å². The third-order valence-electron chi connectivity index (χ3n) is 3.66. The molecule has 3 rings (SSSR count). The monoisotopic (exact) mass is 324 g/mol. The summed E-state index contributed by atoms with van der Waals surface area (Å²) in [6.07, 6.45) is 4.19. The highest BCUT2D eigenvalue weighted by Crippen LogP contribution is 2.22. The molecule has 0 spiro atoms. The van der Waals surface area contributed by atoms with Crippen molar-refractivity contribution in [2.45, 2.75) is 39.0 Å². The Bertz CT molecular complexity index is 859. The first-order valence-electron chi connectivity index (χ1n) is 7.89. The molecule has 0 aliphatic heterocycles. The number of anilines is 1. The van der Waals surface area contributed by atoms with Crippen LogP contribution in [0.3, 0.4) is 0 Å². The number of pyridine rings is 1. The van der Waals surface area contributed by atoms with Crippen molar-refractivity contribution in [1.82, 2.24) is 15.1 Å². The van der Waals surface area contributed by atoms with Gasteiger partial charge in [0.2, 0.25) is 11.8 Å². The fourth-order valence-electron chi connectivity index (χ4n) is 2.33. The Balaban J connectivity index is 1.64. The Hall–Kier alpha value is -2.76. The van der Waals surface area contributed by atoms with Crippen molar-refractivity contribution in [2.24, 2.45) is 0 Å². The van der Waals surface area contributed by atoms with Crippen LogP contribution in [0, 0.1) is 0 Å². The highest BCUT2D eigenvalue weighted by Gasteiger charge is 2.21. The maximum absolute atomic E-state index is 12.2. The van der Waals surface area contributed by atoms with Crippen LogP contribution in [-0.2, 0) is 16.6 Å². The summed E-state index contributed by atoms with van der Waals surface area (Å²) in [5, 5.41) is 8.86. The van der Waals surface area contributed by atoms with Gasteiger partial charge in [0.1, 0.15) is 0 Å². The number of hydrogen-bond donors (Lipinski definition) is 1. The molecule has 1 aromatic carbocycles. The van der Waals surface area contributed by atoms with Gasteiger partial charge in [0.25, 0.3) is 0 Å². The summed E-state index contributed by atoms with van der Waals surface area (Å²) in [4.78, 5) is 20.7. The molecule has 0 saturated heterocycles. The second-order valence-electron chi connectivity index (χ2n) is 6.71. The number of carbonyl (C=O) groups is 1. The van der Waals surface area contributed by atoms with Crippen LogP contribution in [0.5, 0.6) is 0 Å². The van der Waals surface area contributed by atoms with Crippen molar-refractivity contribution in [2.75, 3.05) is 5.32 Å². The average molecular weight is 324 g/mol. The SMILES string of the molecule is CC(C)(C)c1noc(CCC(=O)Nc2cccc3cnccc23)n1. The minimum atomic E-state index is -0.166. The number of fused-ring (bicyclic) bond motifs is 1. The molecule has 1 amide bonds. The zero-order chi connectivity index (χ0) is 17.2. The predicted octanol–water partition coefficient (Wildman–Crippen LogP) is 3.49. The summed E-state index contributed by atoms with van der Waals surface area (Å²) >= 11 is 0. The lowest BCUT2D eigenvalue weighted by Gasteiger charge is -2.10. The molecule has 6 nitrogen and oxygen atoms in total. The zero-order valence-electron chi connectivity index (χ0n) is 14.0. The molecule has 0 bridgehead atoms. The summed E-state index contributed by atoms with van der Waals surface area (Å²) in [6.45, 7) is 6.05. The molecule has 1 N–H and O–H groups in total. The van der Waals surface area contributed by atoms with E-state index in [4.69, 9.17) is 4.52 Å². The topological polar surface area (TPSA) is 80.9 Å². The fourth-order valence-corrected chi connectivity index (χ4v) is 2.33. The largest absolute Gasteiger partial charge is 0.339 e. The third-order valence-corrected chi connectivity index (χ3v) is 3.66. The van der Waals surface area contributed by atoms with Gasteiger partial charge in [-0.2, -0.15) is 4.98 Å². The lowest BCUT2D eigenvalue weighted by atomic mass is 9.96. The Morgan fingerprint density at radius 2 is 2.08 bits per heavy atom. The summed E-state index contributed by atoms with van der Waals surface area (Å²) in [6, 6.07) is 7.63. The first kappa shape index (κ1) is 16.1. The van der Waals surface area contributed by atoms with Crippen molar-refractivity contribution >= 4 is 22.4 Å². The summed E-state index contributed by atoms with van der Waals surface area (Å²) in [5.74, 6) is 1.05. The molecule has 124 valence electrons. The molecule has 0 aliphatic carbocycles. The van der Waals surface area contributed by atoms with Crippen molar-refractivity contribution in [3.63, 3.8) is 0 Å². The molecule has 6 heteroatoms. The van der Waals surface area contributed by atoms with E-state index in [1.807, 2.05) is 45.0 Å². The van der Waals surface area contributed by atoms with Gasteiger partial charge in [-0.05, 0) is 12.1 Å². The van der Waals surface area contributed by atoms with Crippen molar-refractivity contribution < 1.29 is 9.32 Å². The molecule has 0 fully saturated rings. The molecule has 0 aliphatic rings. The molecule has 0 unspecified atom stereocenters. The quantitative estimate of drug-likeness (QED) is 0.794. The van der Waals surface area contributed by atoms with Gasteiger partial charge in [-0.25, -0.2) is 0 Å². The Morgan fingerprint density at radius 1 is 1.25 bits per heavy atom. The van der Waals surface area contributed by atoms with E-state index in [1.54, 1.807) is 12.4 Å². The molecular formula is C18H20N4O2. The number of nitrogens with zero attached hydrogens (tertiary/aromatic N) is 3. The number of amides is 1. The van der Waals surface area contributed by atoms with E-state index in [0.717, 1.165) is 16.5 Å². The highest BCUT2D eigenvalue weighted by atomic mass is 16.5. The number of aryl methyl sites for hydroxylation is 1. The second-order valence-corrected chi connectivity index (χ2v) is 6.71. The van der Waals surface area contributed by atoms with E-state index < -0.39 is 0 Å². The van der Waals surface area contributed by atoms with Gasteiger partial charge in [0.05, 0.1) is 0 Å². The molecule has 2 aromatic heterocycles. The molecule has 0 radical (unpaired) electrons. The molecule has 0 saturated carbocycles. The number of benzene rings is 1. The van der Waals surface area contributed by atoms with E-state index in [2.05, 4.69) is 20.4 Å². The van der Waals surface area contributed by atoms with Crippen LogP contribution in [0.4, 0.5) is 5.69 Å². The van der Waals surface area contributed by atoms with Crippen LogP contribution in [0.25, 0.3) is 10.8 Å². The van der Waals surface area contributed by atoms with Gasteiger partial charge >= 0.3 is 0 Å². The maximum Gasteiger partial charge on any atom is 0.227 e. The maximum atomic E-state index is 12.2. The molecule has 0 atom stereocenters. The minimum absolute atomic E-state index is 0.0881. The van der Waals surface area contributed by atoms with Crippen LogP contribution in [0.2, 0.25) is 0 Å². The molecule has 2 heterocycles. The third kappa shape index (κ3) is 3.59. The molecule has 24 heavy (non-hydrogen) atoms. The van der Waals surface area contributed by atoms with Crippen LogP contribution in [0.1, 0.15) is 38.9 Å². The van der Waals surface area contributed by atoms with Gasteiger partial charge in [-0.1, -0.05) is 38.1 Å². The lowest BCUT2D eigenvalue weighted by molar-refractivity contribution is -0.116. The number of rotatable bonds is 4. The molecule has 3 aromatic rings. The highest BCUT2D eigenvalue weighted by molar-refractivity contribution is 6.01. The second kappa shape index (κ2) is 6.39. The van der Waals surface area contributed by atoms with Crippen molar-refractivity contribution in [3.05, 3.63) is 48.4 Å². The van der Waals surface area contributed by atoms with Crippen LogP contribution in [0.15, 0.2) is 41.2 Å². The van der Waals surface area contributed by atoms with Crippen molar-refractivity contribution in [1.29, 1.82) is 0 Å². The average Bonchev–Trinajstić information content (AvgIpc) is 3.03. The van der Waals surface area contributed by atoms with Gasteiger partial charge in [0.15, 0.2) is 5.82 Å². The van der Waals surface area contributed by atoms with Crippen LogP contribution < -0.4 is 5.32 Å². The first-order valence-corrected chi connectivity index (χ1v) is 7.89. The van der Waals surface area contributed by atoms with Gasteiger partial charge in [-0.3, -0.25) is 9.78 Å². The van der Waals surface area contributed by atoms with Crippen LogP contribution in [-0.4, -0.2) is 21.0 Å². The van der Waals surface area contributed by atoms with E-state index in [-0.39, 0.29) is 17.7 Å². The van der Waals surface area contributed by atoms with E-state index in [1.165, 1.54) is 0 Å². The van der Waals surface area contributed by atoms with Gasteiger partial charge in [0, 0.05) is 47.1 Å². The molecular weight excluding hydrogens is 304 g/mol. The zero-order valence-corrected chi connectivity index (χ0v) is 14.0.